The lowest BCUT2D eigenvalue weighted by molar-refractivity contribution is -0.364. The first kappa shape index (κ1) is 21.7. The molecule has 154 valence electrons. The standard InChI is InChI=1S/C20H30N4O4/c1-15(2)14-16(20(27)28-3)22-18(25)7-8-19(26)24-12-10-23(11-13-24)17-6-4-5-9-21-17/h4-6,9,15-16H,7-8,10-14H2,1-3H3,(H,22,25)/p+1/t16-/m1/s1. The van der Waals surface area contributed by atoms with Gasteiger partial charge in [-0.2, -0.15) is 0 Å². The van der Waals surface area contributed by atoms with Gasteiger partial charge in [-0.05, 0) is 18.4 Å². The topological polar surface area (TPSA) is 93.1 Å². The largest absolute Gasteiger partial charge is 0.467 e. The summed E-state index contributed by atoms with van der Waals surface area (Å²) >= 11 is 0. The third-order valence-corrected chi connectivity index (χ3v) is 4.76. The van der Waals surface area contributed by atoms with Gasteiger partial charge in [0.2, 0.25) is 11.8 Å². The number of nitrogens with zero attached hydrogens (tertiary/aromatic N) is 2. The molecule has 28 heavy (non-hydrogen) atoms. The molecule has 1 saturated heterocycles. The Labute approximate surface area is 166 Å². The molecule has 1 aromatic rings. The zero-order chi connectivity index (χ0) is 20.5. The molecule has 0 aromatic carbocycles. The van der Waals surface area contributed by atoms with Crippen LogP contribution in [0.4, 0.5) is 5.82 Å². The highest BCUT2D eigenvalue weighted by Gasteiger charge is 2.27. The average Bonchev–Trinajstić information content (AvgIpc) is 2.71. The number of anilines is 1. The molecule has 0 unspecified atom stereocenters. The van der Waals surface area contributed by atoms with Crippen LogP contribution in [0.25, 0.3) is 0 Å². The van der Waals surface area contributed by atoms with Crippen molar-refractivity contribution in [1.82, 2.24) is 10.2 Å². The van der Waals surface area contributed by atoms with E-state index in [0.717, 1.165) is 18.9 Å². The number of H-pyrrole nitrogens is 1. The summed E-state index contributed by atoms with van der Waals surface area (Å²) in [6, 6.07) is 5.25. The number of nitrogens with one attached hydrogen (secondary N) is 2. The zero-order valence-corrected chi connectivity index (χ0v) is 16.9. The molecule has 2 N–H and O–H groups in total. The van der Waals surface area contributed by atoms with Gasteiger partial charge >= 0.3 is 5.97 Å². The predicted molar refractivity (Wildman–Crippen MR) is 104 cm³/mol. The van der Waals surface area contributed by atoms with E-state index in [-0.39, 0.29) is 30.6 Å². The maximum Gasteiger partial charge on any atom is 0.328 e. The maximum atomic E-state index is 12.4. The average molecular weight is 391 g/mol. The predicted octanol–water partition coefficient (Wildman–Crippen LogP) is 0.633. The van der Waals surface area contributed by atoms with Gasteiger partial charge in [-0.3, -0.25) is 14.5 Å². The Balaban J connectivity index is 1.76. The number of piperazine rings is 1. The van der Waals surface area contributed by atoms with Crippen molar-refractivity contribution in [3.63, 3.8) is 0 Å². The summed E-state index contributed by atoms with van der Waals surface area (Å²) in [5.41, 5.74) is 0. The van der Waals surface area contributed by atoms with Gasteiger partial charge in [0.25, 0.3) is 5.82 Å². The van der Waals surface area contributed by atoms with Crippen LogP contribution >= 0.6 is 0 Å². The van der Waals surface area contributed by atoms with E-state index in [4.69, 9.17) is 4.74 Å². The lowest BCUT2D eigenvalue weighted by Crippen LogP contribution is -2.50. The molecule has 1 aromatic heterocycles. The highest BCUT2D eigenvalue weighted by molar-refractivity contribution is 5.87. The Kier molecular flexibility index (Phi) is 8.22. The third-order valence-electron chi connectivity index (χ3n) is 4.76. The SMILES string of the molecule is COC(=O)[C@@H](CC(C)C)NC(=O)CCC(=O)N1CCN(c2cccc[nH+]2)CC1. The van der Waals surface area contributed by atoms with Crippen molar-refractivity contribution in [2.75, 3.05) is 38.2 Å². The molecule has 0 saturated carbocycles. The Bertz CT molecular complexity index is 657. The molecule has 2 heterocycles. The summed E-state index contributed by atoms with van der Waals surface area (Å²) in [5.74, 6) is 0.478. The number of hydrogen-bond acceptors (Lipinski definition) is 5. The minimum absolute atomic E-state index is 0.0367. The normalized spacial score (nSPS) is 15.3. The highest BCUT2D eigenvalue weighted by atomic mass is 16.5. The van der Waals surface area contributed by atoms with Crippen LogP contribution < -0.4 is 15.2 Å². The molecule has 8 nitrogen and oxygen atoms in total. The van der Waals surface area contributed by atoms with E-state index in [1.807, 2.05) is 38.2 Å². The van der Waals surface area contributed by atoms with Crippen molar-refractivity contribution in [2.24, 2.45) is 5.92 Å². The number of pyridine rings is 1. The number of rotatable bonds is 8. The fourth-order valence-electron chi connectivity index (χ4n) is 3.25. The maximum absolute atomic E-state index is 12.4. The minimum atomic E-state index is -0.668. The number of ether oxygens (including phenoxy) is 1. The number of aromatic amines is 1. The van der Waals surface area contributed by atoms with Gasteiger partial charge in [0.1, 0.15) is 19.1 Å². The highest BCUT2D eigenvalue weighted by Crippen LogP contribution is 2.11. The lowest BCUT2D eigenvalue weighted by Gasteiger charge is -2.31. The van der Waals surface area contributed by atoms with Gasteiger partial charge in [-0.1, -0.05) is 19.9 Å². The van der Waals surface area contributed by atoms with E-state index < -0.39 is 12.0 Å². The number of aromatic nitrogens is 1. The van der Waals surface area contributed by atoms with Crippen molar-refractivity contribution in [3.8, 4) is 0 Å². The van der Waals surface area contributed by atoms with Crippen LogP contribution in [0.3, 0.4) is 0 Å². The molecule has 8 heteroatoms. The van der Waals surface area contributed by atoms with Crippen LogP contribution in [0.1, 0.15) is 33.1 Å². The second-order valence-corrected chi connectivity index (χ2v) is 7.39. The summed E-state index contributed by atoms with van der Waals surface area (Å²) in [6.07, 6.45) is 2.59. The molecule has 0 radical (unpaired) electrons. The van der Waals surface area contributed by atoms with Crippen LogP contribution in [0.5, 0.6) is 0 Å². The Morgan fingerprint density at radius 1 is 1.14 bits per heavy atom. The van der Waals surface area contributed by atoms with Gasteiger partial charge in [0.05, 0.1) is 26.4 Å². The van der Waals surface area contributed by atoms with Crippen LogP contribution in [-0.2, 0) is 19.1 Å². The molecule has 2 amide bonds. The van der Waals surface area contributed by atoms with Gasteiger partial charge in [0, 0.05) is 18.9 Å². The third kappa shape index (κ3) is 6.51. The molecule has 1 atom stereocenters. The quantitative estimate of drug-likeness (QED) is 0.656. The summed E-state index contributed by atoms with van der Waals surface area (Å²) in [4.78, 5) is 43.6. The number of hydrogen-bond donors (Lipinski definition) is 1. The van der Waals surface area contributed by atoms with Crippen LogP contribution in [0.15, 0.2) is 24.4 Å². The van der Waals surface area contributed by atoms with Crippen molar-refractivity contribution >= 4 is 23.6 Å². The van der Waals surface area contributed by atoms with Crippen LogP contribution in [0.2, 0.25) is 0 Å². The molecule has 1 aliphatic heterocycles. The van der Waals surface area contributed by atoms with Crippen LogP contribution in [-0.4, -0.2) is 62.0 Å². The van der Waals surface area contributed by atoms with Gasteiger partial charge in [-0.15, -0.1) is 0 Å². The van der Waals surface area contributed by atoms with E-state index in [9.17, 15) is 14.4 Å². The van der Waals surface area contributed by atoms with E-state index in [1.54, 1.807) is 4.90 Å². The lowest BCUT2D eigenvalue weighted by atomic mass is 10.0. The number of carbonyl (C=O) groups excluding carboxylic acids is 3. The van der Waals surface area contributed by atoms with Gasteiger partial charge in [-0.25, -0.2) is 9.78 Å². The first-order chi connectivity index (χ1) is 13.4. The molecule has 0 aliphatic carbocycles. The smallest absolute Gasteiger partial charge is 0.328 e. The van der Waals surface area contributed by atoms with E-state index in [1.165, 1.54) is 7.11 Å². The molecule has 1 fully saturated rings. The van der Waals surface area contributed by atoms with Crippen LogP contribution in [0, 0.1) is 5.92 Å². The fourth-order valence-corrected chi connectivity index (χ4v) is 3.25. The Hall–Kier alpha value is -2.64. The molecule has 2 rings (SSSR count). The van der Waals surface area contributed by atoms with Crippen molar-refractivity contribution in [2.45, 2.75) is 39.2 Å². The summed E-state index contributed by atoms with van der Waals surface area (Å²) < 4.78 is 4.75. The summed E-state index contributed by atoms with van der Waals surface area (Å²) in [5, 5.41) is 2.69. The van der Waals surface area contributed by atoms with Crippen molar-refractivity contribution in [1.29, 1.82) is 0 Å². The summed E-state index contributed by atoms with van der Waals surface area (Å²) in [7, 11) is 1.30. The van der Waals surface area contributed by atoms with Gasteiger partial charge < -0.3 is 15.0 Å². The van der Waals surface area contributed by atoms with E-state index in [2.05, 4.69) is 15.2 Å². The number of esters is 1. The Morgan fingerprint density at radius 3 is 2.43 bits per heavy atom. The first-order valence-electron chi connectivity index (χ1n) is 9.77. The molecule has 0 spiro atoms. The Morgan fingerprint density at radius 2 is 1.86 bits per heavy atom. The van der Waals surface area contributed by atoms with E-state index >= 15 is 0 Å². The van der Waals surface area contributed by atoms with E-state index in [0.29, 0.717) is 19.5 Å². The van der Waals surface area contributed by atoms with Crippen molar-refractivity contribution in [3.05, 3.63) is 24.4 Å². The number of carbonyl (C=O) groups is 3. The monoisotopic (exact) mass is 391 g/mol. The number of amides is 2. The molecule has 0 bridgehead atoms. The van der Waals surface area contributed by atoms with Gasteiger partial charge in [0.15, 0.2) is 0 Å². The molecular weight excluding hydrogens is 360 g/mol. The molecule has 1 aliphatic rings. The molecular formula is C20H31N4O4+. The minimum Gasteiger partial charge on any atom is -0.467 e. The number of methoxy groups -OCH3 is 1. The second kappa shape index (κ2) is 10.6. The zero-order valence-electron chi connectivity index (χ0n) is 16.9. The van der Waals surface area contributed by atoms with Crippen molar-refractivity contribution < 1.29 is 24.1 Å². The summed E-state index contributed by atoms with van der Waals surface area (Å²) in [6.45, 7) is 6.69. The first-order valence-corrected chi connectivity index (χ1v) is 9.77. The fraction of sp³-hybridized carbons (Fsp3) is 0.600. The second-order valence-electron chi connectivity index (χ2n) is 7.39.